The fourth-order valence-corrected chi connectivity index (χ4v) is 1.80. The lowest BCUT2D eigenvalue weighted by Gasteiger charge is -2.12. The van der Waals surface area contributed by atoms with Gasteiger partial charge in [0.2, 0.25) is 0 Å². The predicted molar refractivity (Wildman–Crippen MR) is 70.7 cm³/mol. The molecule has 0 radical (unpaired) electrons. The Hall–Kier alpha value is -1.79. The maximum atomic E-state index is 11.6. The molecule has 0 saturated carbocycles. The molecule has 1 aliphatic rings. The zero-order chi connectivity index (χ0) is 13.7. The lowest BCUT2D eigenvalue weighted by Crippen LogP contribution is -2.47. The number of amides is 3. The van der Waals surface area contributed by atoms with Gasteiger partial charge in [-0.2, -0.15) is 0 Å². The number of carbonyl (C=O) groups excluding carboxylic acids is 2. The van der Waals surface area contributed by atoms with Crippen LogP contribution in [-0.2, 0) is 9.53 Å². The Morgan fingerprint density at radius 1 is 1.21 bits per heavy atom. The third kappa shape index (κ3) is 4.11. The van der Waals surface area contributed by atoms with Crippen LogP contribution in [-0.4, -0.2) is 24.6 Å². The predicted octanol–water partition coefficient (Wildman–Crippen LogP) is 1.67. The van der Waals surface area contributed by atoms with E-state index in [9.17, 15) is 9.59 Å². The van der Waals surface area contributed by atoms with Gasteiger partial charge >= 0.3 is 6.03 Å². The van der Waals surface area contributed by atoms with Crippen molar-refractivity contribution in [2.24, 2.45) is 0 Å². The van der Waals surface area contributed by atoms with Crippen molar-refractivity contribution < 1.29 is 14.3 Å². The molecule has 0 unspecified atom stereocenters. The highest BCUT2D eigenvalue weighted by Gasteiger charge is 2.23. The van der Waals surface area contributed by atoms with E-state index in [0.29, 0.717) is 23.7 Å². The van der Waals surface area contributed by atoms with Crippen LogP contribution in [0.1, 0.15) is 12.8 Å². The summed E-state index contributed by atoms with van der Waals surface area (Å²) in [7, 11) is 0. The molecule has 102 valence electrons. The van der Waals surface area contributed by atoms with Gasteiger partial charge in [0.25, 0.3) is 5.91 Å². The first-order valence-electron chi connectivity index (χ1n) is 5.89. The summed E-state index contributed by atoms with van der Waals surface area (Å²) in [5, 5.41) is 3.13. The Morgan fingerprint density at radius 3 is 2.58 bits per heavy atom. The Kier molecular flexibility index (Phi) is 4.59. The van der Waals surface area contributed by atoms with Crippen LogP contribution in [0, 0.1) is 0 Å². The fraction of sp³-hybridized carbons (Fsp3) is 0.333. The lowest BCUT2D eigenvalue weighted by molar-refractivity contribution is -0.130. The van der Waals surface area contributed by atoms with Crippen LogP contribution in [0.4, 0.5) is 10.5 Å². The standard InChI is InChI=1S/C12H14ClN3O3/c13-8-3-5-9(6-4-8)14-12(18)16-15-11(17)10-2-1-7-19-10/h3-6,10H,1-2,7H2,(H,15,17)(H2,14,16,18)/t10-/m0/s1. The van der Waals surface area contributed by atoms with Gasteiger partial charge in [0, 0.05) is 17.3 Å². The van der Waals surface area contributed by atoms with Crippen LogP contribution >= 0.6 is 11.6 Å². The van der Waals surface area contributed by atoms with E-state index >= 15 is 0 Å². The zero-order valence-corrected chi connectivity index (χ0v) is 10.9. The van der Waals surface area contributed by atoms with E-state index in [1.54, 1.807) is 24.3 Å². The number of hydrogen-bond acceptors (Lipinski definition) is 3. The average Bonchev–Trinajstić information content (AvgIpc) is 2.93. The van der Waals surface area contributed by atoms with Crippen LogP contribution in [0.3, 0.4) is 0 Å². The molecule has 1 atom stereocenters. The molecule has 0 spiro atoms. The summed E-state index contributed by atoms with van der Waals surface area (Å²) in [5.41, 5.74) is 5.14. The molecule has 19 heavy (non-hydrogen) atoms. The van der Waals surface area contributed by atoms with Crippen molar-refractivity contribution in [2.45, 2.75) is 18.9 Å². The number of hydrazine groups is 1. The van der Waals surface area contributed by atoms with Crippen molar-refractivity contribution in [1.82, 2.24) is 10.9 Å². The molecule has 0 aromatic heterocycles. The minimum Gasteiger partial charge on any atom is -0.368 e. The number of urea groups is 1. The minimum absolute atomic E-state index is 0.344. The van der Waals surface area contributed by atoms with E-state index in [2.05, 4.69) is 16.2 Å². The van der Waals surface area contributed by atoms with E-state index < -0.39 is 12.1 Å². The first-order valence-corrected chi connectivity index (χ1v) is 6.27. The van der Waals surface area contributed by atoms with E-state index in [4.69, 9.17) is 16.3 Å². The van der Waals surface area contributed by atoms with Gasteiger partial charge in [-0.1, -0.05) is 11.6 Å². The molecule has 3 amide bonds. The summed E-state index contributed by atoms with van der Waals surface area (Å²) >= 11 is 5.72. The monoisotopic (exact) mass is 283 g/mol. The van der Waals surface area contributed by atoms with Crippen molar-refractivity contribution in [3.8, 4) is 0 Å². The van der Waals surface area contributed by atoms with Crippen LogP contribution in [0.2, 0.25) is 5.02 Å². The van der Waals surface area contributed by atoms with Crippen molar-refractivity contribution in [3.05, 3.63) is 29.3 Å². The first-order chi connectivity index (χ1) is 9.15. The smallest absolute Gasteiger partial charge is 0.337 e. The number of ether oxygens (including phenoxy) is 1. The summed E-state index contributed by atoms with van der Waals surface area (Å²) in [6.45, 7) is 0.578. The van der Waals surface area contributed by atoms with Crippen molar-refractivity contribution in [2.75, 3.05) is 11.9 Å². The molecule has 1 saturated heterocycles. The second-order valence-corrected chi connectivity index (χ2v) is 4.51. The molecule has 1 aromatic rings. The van der Waals surface area contributed by atoms with Gasteiger partial charge in [-0.3, -0.25) is 10.2 Å². The third-order valence-corrected chi connectivity index (χ3v) is 2.88. The normalized spacial score (nSPS) is 17.8. The van der Waals surface area contributed by atoms with Crippen LogP contribution < -0.4 is 16.2 Å². The number of anilines is 1. The summed E-state index contributed by atoms with van der Waals surface area (Å²) in [6, 6.07) is 6.09. The Bertz CT molecular complexity index is 458. The summed E-state index contributed by atoms with van der Waals surface area (Å²) in [6.07, 6.45) is 1.05. The highest BCUT2D eigenvalue weighted by Crippen LogP contribution is 2.13. The van der Waals surface area contributed by atoms with E-state index in [-0.39, 0.29) is 5.91 Å². The van der Waals surface area contributed by atoms with Gasteiger partial charge in [0.05, 0.1) is 0 Å². The Balaban J connectivity index is 1.75. The molecule has 7 heteroatoms. The molecule has 3 N–H and O–H groups in total. The number of benzene rings is 1. The zero-order valence-electron chi connectivity index (χ0n) is 10.1. The molecule has 0 aliphatic carbocycles. The first kappa shape index (κ1) is 13.6. The maximum Gasteiger partial charge on any atom is 0.337 e. The highest BCUT2D eigenvalue weighted by atomic mass is 35.5. The molecule has 1 aromatic carbocycles. The lowest BCUT2D eigenvalue weighted by atomic mass is 10.2. The summed E-state index contributed by atoms with van der Waals surface area (Å²) in [4.78, 5) is 23.1. The number of halogens is 1. The van der Waals surface area contributed by atoms with Gasteiger partial charge in [-0.25, -0.2) is 10.2 Å². The molecule has 0 bridgehead atoms. The highest BCUT2D eigenvalue weighted by molar-refractivity contribution is 6.30. The number of hydrogen-bond donors (Lipinski definition) is 3. The number of nitrogens with one attached hydrogen (secondary N) is 3. The molecule has 1 fully saturated rings. The molecule has 1 heterocycles. The molecule has 1 aliphatic heterocycles. The van der Waals surface area contributed by atoms with Gasteiger partial charge in [-0.05, 0) is 37.1 Å². The fourth-order valence-electron chi connectivity index (χ4n) is 1.68. The van der Waals surface area contributed by atoms with Crippen molar-refractivity contribution >= 4 is 29.2 Å². The topological polar surface area (TPSA) is 79.5 Å². The third-order valence-electron chi connectivity index (χ3n) is 2.62. The largest absolute Gasteiger partial charge is 0.368 e. The van der Waals surface area contributed by atoms with Gasteiger partial charge in [0.1, 0.15) is 6.10 Å². The second kappa shape index (κ2) is 6.40. The van der Waals surface area contributed by atoms with Crippen LogP contribution in [0.25, 0.3) is 0 Å². The van der Waals surface area contributed by atoms with E-state index in [1.807, 2.05) is 0 Å². The van der Waals surface area contributed by atoms with Gasteiger partial charge < -0.3 is 10.1 Å². The van der Waals surface area contributed by atoms with E-state index in [1.165, 1.54) is 0 Å². The molecule has 2 rings (SSSR count). The quantitative estimate of drug-likeness (QED) is 0.723. The maximum absolute atomic E-state index is 11.6. The minimum atomic E-state index is -0.534. The van der Waals surface area contributed by atoms with Crippen molar-refractivity contribution in [3.63, 3.8) is 0 Å². The van der Waals surface area contributed by atoms with Crippen LogP contribution in [0.5, 0.6) is 0 Å². The van der Waals surface area contributed by atoms with Crippen LogP contribution in [0.15, 0.2) is 24.3 Å². The number of carbonyl (C=O) groups is 2. The van der Waals surface area contributed by atoms with E-state index in [0.717, 1.165) is 6.42 Å². The van der Waals surface area contributed by atoms with Gasteiger partial charge in [-0.15, -0.1) is 0 Å². The molecular weight excluding hydrogens is 270 g/mol. The SMILES string of the molecule is O=C(NNC(=O)[C@@H]1CCCO1)Nc1ccc(Cl)cc1. The summed E-state index contributed by atoms with van der Waals surface area (Å²) in [5.74, 6) is -0.344. The molecule has 6 nitrogen and oxygen atoms in total. The van der Waals surface area contributed by atoms with Gasteiger partial charge in [0.15, 0.2) is 0 Å². The van der Waals surface area contributed by atoms with Crippen molar-refractivity contribution in [1.29, 1.82) is 0 Å². The molecular formula is C12H14ClN3O3. The Labute approximate surface area is 115 Å². The summed E-state index contributed by atoms with van der Waals surface area (Å²) < 4.78 is 5.18. The average molecular weight is 284 g/mol. The Morgan fingerprint density at radius 2 is 1.95 bits per heavy atom. The second-order valence-electron chi connectivity index (χ2n) is 4.08. The number of rotatable bonds is 2.